The summed E-state index contributed by atoms with van der Waals surface area (Å²) in [6, 6.07) is 0. The van der Waals surface area contributed by atoms with E-state index >= 15 is 0 Å². The fourth-order valence-corrected chi connectivity index (χ4v) is 3.18. The third kappa shape index (κ3) is 2.59. The molecule has 1 heteroatoms. The van der Waals surface area contributed by atoms with Crippen LogP contribution in [-0.4, -0.2) is 5.78 Å². The van der Waals surface area contributed by atoms with Crippen molar-refractivity contribution >= 4 is 5.78 Å². The lowest BCUT2D eigenvalue weighted by molar-refractivity contribution is -0.121. The van der Waals surface area contributed by atoms with Crippen LogP contribution in [0.4, 0.5) is 0 Å². The van der Waals surface area contributed by atoms with Gasteiger partial charge in [-0.3, -0.25) is 4.79 Å². The molecule has 0 saturated heterocycles. The van der Waals surface area contributed by atoms with E-state index in [1.807, 2.05) is 18.2 Å². The van der Waals surface area contributed by atoms with Crippen LogP contribution in [0.5, 0.6) is 0 Å². The van der Waals surface area contributed by atoms with Crippen molar-refractivity contribution in [1.29, 1.82) is 0 Å². The normalized spacial score (nSPS) is 28.4. The van der Waals surface area contributed by atoms with Crippen molar-refractivity contribution in [3.8, 4) is 0 Å². The summed E-state index contributed by atoms with van der Waals surface area (Å²) in [7, 11) is 0. The van der Waals surface area contributed by atoms with Gasteiger partial charge in [0, 0.05) is 11.3 Å². The van der Waals surface area contributed by atoms with Gasteiger partial charge in [-0.2, -0.15) is 0 Å². The molecule has 0 saturated carbocycles. The van der Waals surface area contributed by atoms with Crippen LogP contribution in [0, 0.1) is 17.3 Å². The molecule has 1 rings (SSSR count). The molecule has 1 unspecified atom stereocenters. The topological polar surface area (TPSA) is 17.1 Å². The molecule has 0 heterocycles. The highest BCUT2D eigenvalue weighted by Gasteiger charge is 2.46. The molecule has 94 valence electrons. The molecule has 1 aliphatic carbocycles. The van der Waals surface area contributed by atoms with E-state index in [1.165, 1.54) is 5.57 Å². The predicted molar refractivity (Wildman–Crippen MR) is 73.8 cm³/mol. The Labute approximate surface area is 105 Å². The van der Waals surface area contributed by atoms with E-state index < -0.39 is 0 Å². The molecule has 0 aromatic heterocycles. The van der Waals surface area contributed by atoms with Crippen molar-refractivity contribution in [2.24, 2.45) is 17.3 Å². The molecule has 17 heavy (non-hydrogen) atoms. The first-order valence-electron chi connectivity index (χ1n) is 6.44. The van der Waals surface area contributed by atoms with Crippen LogP contribution < -0.4 is 0 Å². The summed E-state index contributed by atoms with van der Waals surface area (Å²) in [6.45, 7) is 14.1. The average molecular weight is 232 g/mol. The minimum absolute atomic E-state index is 0.0317. The quantitative estimate of drug-likeness (QED) is 0.623. The van der Waals surface area contributed by atoms with Gasteiger partial charge in [-0.05, 0) is 31.3 Å². The maximum absolute atomic E-state index is 12.1. The van der Waals surface area contributed by atoms with Crippen molar-refractivity contribution in [2.45, 2.75) is 40.0 Å². The minimum Gasteiger partial charge on any atom is -0.295 e. The maximum Gasteiger partial charge on any atom is 0.159 e. The number of hydrogen-bond acceptors (Lipinski definition) is 1. The van der Waals surface area contributed by atoms with Gasteiger partial charge >= 0.3 is 0 Å². The van der Waals surface area contributed by atoms with Gasteiger partial charge in [-0.25, -0.2) is 0 Å². The van der Waals surface area contributed by atoms with E-state index in [0.717, 1.165) is 19.3 Å². The van der Waals surface area contributed by atoms with Gasteiger partial charge < -0.3 is 0 Å². The predicted octanol–water partition coefficient (Wildman–Crippen LogP) is 4.32. The van der Waals surface area contributed by atoms with Crippen LogP contribution in [0.1, 0.15) is 40.0 Å². The zero-order valence-corrected chi connectivity index (χ0v) is 11.3. The van der Waals surface area contributed by atoms with Crippen molar-refractivity contribution in [2.75, 3.05) is 0 Å². The van der Waals surface area contributed by atoms with Gasteiger partial charge in [0.05, 0.1) is 0 Å². The van der Waals surface area contributed by atoms with Gasteiger partial charge in [0.25, 0.3) is 0 Å². The Morgan fingerprint density at radius 1 is 1.41 bits per heavy atom. The van der Waals surface area contributed by atoms with Crippen molar-refractivity contribution in [3.63, 3.8) is 0 Å². The molecule has 0 aromatic rings. The number of ketones is 1. The molecule has 0 N–H and O–H groups in total. The number of rotatable bonds is 6. The molecule has 2 atom stereocenters. The van der Waals surface area contributed by atoms with Crippen LogP contribution in [0.2, 0.25) is 0 Å². The molecule has 1 nitrogen and oxygen atoms in total. The summed E-state index contributed by atoms with van der Waals surface area (Å²) < 4.78 is 0. The number of carbonyl (C=O) groups is 1. The first kappa shape index (κ1) is 14.0. The second-order valence-corrected chi connectivity index (χ2v) is 5.53. The Hall–Kier alpha value is -1.11. The molecule has 0 aromatic carbocycles. The summed E-state index contributed by atoms with van der Waals surface area (Å²) >= 11 is 0. The van der Waals surface area contributed by atoms with Crippen LogP contribution >= 0.6 is 0 Å². The third-order valence-electron chi connectivity index (χ3n) is 3.90. The maximum atomic E-state index is 12.1. The fourth-order valence-electron chi connectivity index (χ4n) is 3.18. The highest BCUT2D eigenvalue weighted by Crippen LogP contribution is 2.49. The summed E-state index contributed by atoms with van der Waals surface area (Å²) in [4.78, 5) is 12.1. The zero-order chi connectivity index (χ0) is 13.1. The number of hydrogen-bond donors (Lipinski definition) is 0. The first-order valence-corrected chi connectivity index (χ1v) is 6.44. The van der Waals surface area contributed by atoms with Crippen molar-refractivity contribution in [3.05, 3.63) is 37.0 Å². The molecule has 0 bridgehead atoms. The molecule has 0 amide bonds. The Bertz CT molecular complexity index is 349. The lowest BCUT2D eigenvalue weighted by Crippen LogP contribution is -2.32. The fraction of sp³-hybridized carbons (Fsp3) is 0.562. The SMILES string of the molecule is C=CCCC1=CC(=O)C(C(C)C)[C@@]1(C)CC=C. The van der Waals surface area contributed by atoms with Gasteiger partial charge in [-0.15, -0.1) is 13.2 Å². The molecule has 1 aliphatic rings. The Morgan fingerprint density at radius 3 is 2.53 bits per heavy atom. The van der Waals surface area contributed by atoms with E-state index in [4.69, 9.17) is 0 Å². The summed E-state index contributed by atoms with van der Waals surface area (Å²) in [5.74, 6) is 0.786. The van der Waals surface area contributed by atoms with E-state index in [-0.39, 0.29) is 11.3 Å². The minimum atomic E-state index is -0.0317. The molecular weight excluding hydrogens is 208 g/mol. The van der Waals surface area contributed by atoms with Crippen molar-refractivity contribution in [1.82, 2.24) is 0 Å². The van der Waals surface area contributed by atoms with Crippen molar-refractivity contribution < 1.29 is 4.79 Å². The number of carbonyl (C=O) groups excluding carboxylic acids is 1. The Balaban J connectivity index is 3.03. The second-order valence-electron chi connectivity index (χ2n) is 5.53. The average Bonchev–Trinajstić information content (AvgIpc) is 2.47. The van der Waals surface area contributed by atoms with E-state index in [2.05, 4.69) is 33.9 Å². The first-order chi connectivity index (χ1) is 7.97. The van der Waals surface area contributed by atoms with E-state index in [1.54, 1.807) is 0 Å². The molecular formula is C16H24O. The van der Waals surface area contributed by atoms with Gasteiger partial charge in [-0.1, -0.05) is 38.5 Å². The Morgan fingerprint density at radius 2 is 2.06 bits per heavy atom. The smallest absolute Gasteiger partial charge is 0.159 e. The highest BCUT2D eigenvalue weighted by atomic mass is 16.1. The Kier molecular flexibility index (Phi) is 4.50. The molecule has 0 spiro atoms. The highest BCUT2D eigenvalue weighted by molar-refractivity contribution is 5.96. The third-order valence-corrected chi connectivity index (χ3v) is 3.90. The number of allylic oxidation sites excluding steroid dienone is 4. The van der Waals surface area contributed by atoms with Gasteiger partial charge in [0.1, 0.15) is 0 Å². The van der Waals surface area contributed by atoms with Crippen LogP contribution in [0.3, 0.4) is 0 Å². The zero-order valence-electron chi connectivity index (χ0n) is 11.3. The van der Waals surface area contributed by atoms with E-state index in [9.17, 15) is 4.79 Å². The monoisotopic (exact) mass is 232 g/mol. The summed E-state index contributed by atoms with van der Waals surface area (Å²) in [5, 5.41) is 0. The molecule has 0 aliphatic heterocycles. The second kappa shape index (κ2) is 5.48. The molecule has 0 radical (unpaired) electrons. The summed E-state index contributed by atoms with van der Waals surface area (Å²) in [5.41, 5.74) is 1.25. The van der Waals surface area contributed by atoms with Gasteiger partial charge in [0.2, 0.25) is 0 Å². The lowest BCUT2D eigenvalue weighted by atomic mass is 9.67. The van der Waals surface area contributed by atoms with E-state index in [0.29, 0.717) is 11.7 Å². The lowest BCUT2D eigenvalue weighted by Gasteiger charge is -2.35. The van der Waals surface area contributed by atoms with Crippen LogP contribution in [0.25, 0.3) is 0 Å². The van der Waals surface area contributed by atoms with Crippen LogP contribution in [0.15, 0.2) is 37.0 Å². The largest absolute Gasteiger partial charge is 0.295 e. The summed E-state index contributed by atoms with van der Waals surface area (Å²) in [6.07, 6.45) is 8.50. The molecule has 0 fully saturated rings. The van der Waals surface area contributed by atoms with Gasteiger partial charge in [0.15, 0.2) is 5.78 Å². The van der Waals surface area contributed by atoms with Crippen LogP contribution in [-0.2, 0) is 4.79 Å². The standard InChI is InChI=1S/C16H24O/c1-6-8-9-13-11-14(17)15(12(3)4)16(13,5)10-7-2/h6-7,11-12,15H,1-2,8-10H2,3-5H3/t15?,16-/m0/s1.